The molecular formula is C12H5BrCl3NO3S. The number of halogens is 4. The van der Waals surface area contributed by atoms with Crippen LogP contribution in [-0.2, 0) is 14.8 Å². The van der Waals surface area contributed by atoms with Crippen LogP contribution in [-0.4, -0.2) is 19.9 Å². The van der Waals surface area contributed by atoms with E-state index in [4.69, 9.17) is 34.8 Å². The molecule has 21 heavy (non-hydrogen) atoms. The summed E-state index contributed by atoms with van der Waals surface area (Å²) < 4.78 is 28.6. The molecule has 0 aliphatic heterocycles. The first-order valence-electron chi connectivity index (χ1n) is 5.30. The van der Waals surface area contributed by atoms with E-state index in [9.17, 15) is 13.2 Å². The molecule has 0 saturated carbocycles. The Morgan fingerprint density at radius 3 is 2.14 bits per heavy atom. The van der Waals surface area contributed by atoms with E-state index in [-0.39, 0.29) is 25.7 Å². The van der Waals surface area contributed by atoms with Crippen LogP contribution in [0.2, 0.25) is 0 Å². The lowest BCUT2D eigenvalue weighted by Gasteiger charge is -2.10. The molecular weight excluding hydrogens is 424 g/mol. The highest BCUT2D eigenvalue weighted by Crippen LogP contribution is 2.28. The largest absolute Gasteiger partial charge is 0.287 e. The van der Waals surface area contributed by atoms with Crippen LogP contribution in [0, 0.1) is 0 Å². The Hall–Kier alpha value is -0.660. The molecule has 2 rings (SSSR count). The fourth-order valence-electron chi connectivity index (χ4n) is 1.42. The van der Waals surface area contributed by atoms with Crippen LogP contribution < -0.4 is 0 Å². The molecule has 4 nitrogen and oxygen atoms in total. The molecule has 0 saturated heterocycles. The van der Waals surface area contributed by atoms with Gasteiger partial charge in [0.05, 0.1) is 20.7 Å². The van der Waals surface area contributed by atoms with Gasteiger partial charge in [-0.3, -0.25) is 4.79 Å². The average molecular weight is 430 g/mol. The standard InChI is InChI=1S/C12H5BrCl3NO3S/c13-6-1-3-7(4-2-6)21(19,20)17-9-5-8(14)12(18)11(16)10(9)15/h1-5H/b17-9+. The third-order valence-corrected chi connectivity index (χ3v) is 5.38. The Balaban J connectivity index is 2.52. The van der Waals surface area contributed by atoms with Crippen molar-refractivity contribution >= 4 is 72.3 Å². The zero-order chi connectivity index (χ0) is 15.8. The van der Waals surface area contributed by atoms with Crippen molar-refractivity contribution in [3.8, 4) is 0 Å². The molecule has 0 radical (unpaired) electrons. The van der Waals surface area contributed by atoms with Crippen molar-refractivity contribution in [2.45, 2.75) is 4.90 Å². The van der Waals surface area contributed by atoms with E-state index in [0.717, 1.165) is 10.5 Å². The van der Waals surface area contributed by atoms with Crippen LogP contribution in [0.5, 0.6) is 0 Å². The van der Waals surface area contributed by atoms with Crippen molar-refractivity contribution in [2.75, 3.05) is 0 Å². The van der Waals surface area contributed by atoms with Gasteiger partial charge in [0.15, 0.2) is 0 Å². The zero-order valence-electron chi connectivity index (χ0n) is 9.98. The van der Waals surface area contributed by atoms with Crippen molar-refractivity contribution in [3.05, 3.63) is 49.9 Å². The number of carbonyl (C=O) groups is 1. The number of carbonyl (C=O) groups excluding carboxylic acids is 1. The maximum Gasteiger partial charge on any atom is 0.282 e. The number of Topliss-reactive ketones (excluding diaryl/α,β-unsaturated/α-hetero) is 1. The summed E-state index contributed by atoms with van der Waals surface area (Å²) in [6.45, 7) is 0. The van der Waals surface area contributed by atoms with E-state index in [1.807, 2.05) is 0 Å². The number of rotatable bonds is 2. The maximum absolute atomic E-state index is 12.2. The summed E-state index contributed by atoms with van der Waals surface area (Å²) in [7, 11) is -4.00. The Morgan fingerprint density at radius 1 is 1.00 bits per heavy atom. The quantitative estimate of drug-likeness (QED) is 0.668. The first-order chi connectivity index (χ1) is 9.72. The highest BCUT2D eigenvalue weighted by Gasteiger charge is 2.26. The van der Waals surface area contributed by atoms with Gasteiger partial charge in [0.1, 0.15) is 5.03 Å². The van der Waals surface area contributed by atoms with Crippen LogP contribution in [0.1, 0.15) is 0 Å². The molecule has 1 aromatic rings. The fourth-order valence-corrected chi connectivity index (χ4v) is 3.35. The molecule has 110 valence electrons. The predicted molar refractivity (Wildman–Crippen MR) is 86.4 cm³/mol. The van der Waals surface area contributed by atoms with E-state index < -0.39 is 15.8 Å². The van der Waals surface area contributed by atoms with Crippen LogP contribution in [0.25, 0.3) is 0 Å². The van der Waals surface area contributed by atoms with Crippen molar-refractivity contribution in [3.63, 3.8) is 0 Å². The van der Waals surface area contributed by atoms with Crippen LogP contribution in [0.3, 0.4) is 0 Å². The first kappa shape index (κ1) is 16.7. The summed E-state index contributed by atoms with van der Waals surface area (Å²) >= 11 is 20.4. The molecule has 0 fully saturated rings. The van der Waals surface area contributed by atoms with Gasteiger partial charge < -0.3 is 0 Å². The molecule has 1 aliphatic carbocycles. The van der Waals surface area contributed by atoms with Crippen LogP contribution in [0.15, 0.2) is 59.2 Å². The van der Waals surface area contributed by atoms with Crippen LogP contribution in [0.4, 0.5) is 0 Å². The summed E-state index contributed by atoms with van der Waals surface area (Å²) in [5.41, 5.74) is -0.186. The number of benzene rings is 1. The van der Waals surface area contributed by atoms with Gasteiger partial charge in [-0.15, -0.1) is 0 Å². The van der Waals surface area contributed by atoms with Gasteiger partial charge in [-0.2, -0.15) is 12.8 Å². The minimum absolute atomic E-state index is 0.0276. The second-order valence-corrected chi connectivity index (χ2v) is 7.54. The van der Waals surface area contributed by atoms with E-state index in [1.165, 1.54) is 12.1 Å². The monoisotopic (exact) mass is 427 g/mol. The second-order valence-electron chi connectivity index (χ2n) is 3.85. The fraction of sp³-hybridized carbons (Fsp3) is 0. The number of ketones is 1. The van der Waals surface area contributed by atoms with Gasteiger partial charge in [-0.1, -0.05) is 50.7 Å². The normalized spacial score (nSPS) is 18.2. The second kappa shape index (κ2) is 6.22. The summed E-state index contributed by atoms with van der Waals surface area (Å²) in [5.74, 6) is -0.677. The number of hydrogen-bond donors (Lipinski definition) is 0. The Bertz CT molecular complexity index is 811. The van der Waals surface area contributed by atoms with E-state index in [2.05, 4.69) is 20.3 Å². The lowest BCUT2D eigenvalue weighted by molar-refractivity contribution is -0.111. The molecule has 0 amide bonds. The average Bonchev–Trinajstić information content (AvgIpc) is 2.42. The summed E-state index contributed by atoms with van der Waals surface area (Å²) in [4.78, 5) is 11.4. The van der Waals surface area contributed by atoms with E-state index in [0.29, 0.717) is 0 Å². The van der Waals surface area contributed by atoms with Crippen molar-refractivity contribution in [1.29, 1.82) is 0 Å². The van der Waals surface area contributed by atoms with E-state index >= 15 is 0 Å². The third-order valence-electron chi connectivity index (χ3n) is 2.43. The summed E-state index contributed by atoms with van der Waals surface area (Å²) in [6, 6.07) is 5.87. The highest BCUT2D eigenvalue weighted by atomic mass is 79.9. The lowest BCUT2D eigenvalue weighted by Crippen LogP contribution is -2.13. The highest BCUT2D eigenvalue weighted by molar-refractivity contribution is 9.10. The number of allylic oxidation sites excluding steroid dienone is 4. The zero-order valence-corrected chi connectivity index (χ0v) is 14.6. The van der Waals surface area contributed by atoms with Crippen molar-refractivity contribution in [2.24, 2.45) is 4.40 Å². The van der Waals surface area contributed by atoms with Gasteiger partial charge >= 0.3 is 0 Å². The topological polar surface area (TPSA) is 63.6 Å². The number of nitrogens with zero attached hydrogens (tertiary/aromatic N) is 1. The number of sulfonamides is 1. The third kappa shape index (κ3) is 3.57. The molecule has 0 bridgehead atoms. The van der Waals surface area contributed by atoms with E-state index in [1.54, 1.807) is 12.1 Å². The maximum atomic E-state index is 12.2. The SMILES string of the molecule is O=C1C(Cl)=C/C(=N\S(=O)(=O)c2ccc(Br)cc2)C(Cl)=C1Cl. The molecule has 0 atom stereocenters. The molecule has 1 aromatic carbocycles. The van der Waals surface area contributed by atoms with Crippen molar-refractivity contribution in [1.82, 2.24) is 0 Å². The minimum atomic E-state index is -4.00. The Morgan fingerprint density at radius 2 is 1.57 bits per heavy atom. The summed E-state index contributed by atoms with van der Waals surface area (Å²) in [6.07, 6.45) is 1.06. The molecule has 0 N–H and O–H groups in total. The molecule has 0 spiro atoms. The smallest absolute Gasteiger partial charge is 0.282 e. The predicted octanol–water partition coefficient (Wildman–Crippen LogP) is 3.97. The Labute approximate surface area is 144 Å². The minimum Gasteiger partial charge on any atom is -0.287 e. The van der Waals surface area contributed by atoms with Gasteiger partial charge in [-0.05, 0) is 30.3 Å². The molecule has 1 aliphatic rings. The molecule has 9 heteroatoms. The number of hydrogen-bond acceptors (Lipinski definition) is 3. The van der Waals surface area contributed by atoms with Gasteiger partial charge in [0.25, 0.3) is 10.0 Å². The Kier molecular flexibility index (Phi) is 4.95. The van der Waals surface area contributed by atoms with Gasteiger partial charge in [0, 0.05) is 4.47 Å². The summed E-state index contributed by atoms with van der Waals surface area (Å²) in [5, 5.41) is -0.880. The first-order valence-corrected chi connectivity index (χ1v) is 8.67. The lowest BCUT2D eigenvalue weighted by atomic mass is 10.1. The van der Waals surface area contributed by atoms with Gasteiger partial charge in [-0.25, -0.2) is 0 Å². The molecule has 0 heterocycles. The van der Waals surface area contributed by atoms with Gasteiger partial charge in [0.2, 0.25) is 5.78 Å². The van der Waals surface area contributed by atoms with Crippen molar-refractivity contribution < 1.29 is 13.2 Å². The molecule has 0 unspecified atom stereocenters. The van der Waals surface area contributed by atoms with Crippen LogP contribution >= 0.6 is 50.7 Å². The molecule has 0 aromatic heterocycles.